The second-order valence-corrected chi connectivity index (χ2v) is 8.52. The molecule has 0 N–H and O–H groups in total. The minimum absolute atomic E-state index is 0.216. The van der Waals surface area contributed by atoms with Gasteiger partial charge in [0.05, 0.1) is 36.1 Å². The zero-order valence-electron chi connectivity index (χ0n) is 19.5. The molecule has 34 heavy (non-hydrogen) atoms. The Morgan fingerprint density at radius 3 is 2.50 bits per heavy atom. The molecule has 1 aliphatic rings. The van der Waals surface area contributed by atoms with E-state index in [1.54, 1.807) is 31.6 Å². The lowest BCUT2D eigenvalue weighted by Gasteiger charge is -2.26. The van der Waals surface area contributed by atoms with Gasteiger partial charge < -0.3 is 14.2 Å². The van der Waals surface area contributed by atoms with E-state index in [9.17, 15) is 9.59 Å². The number of aromatic nitrogens is 1. The molecule has 2 aromatic carbocycles. The highest BCUT2D eigenvalue weighted by Gasteiger charge is 2.35. The maximum absolute atomic E-state index is 13.7. The first-order chi connectivity index (χ1) is 16.5. The number of para-hydroxylation sites is 2. The Morgan fingerprint density at radius 1 is 1.09 bits per heavy atom. The predicted octanol–water partition coefficient (Wildman–Crippen LogP) is 3.21. The van der Waals surface area contributed by atoms with Crippen LogP contribution in [-0.4, -0.2) is 30.9 Å². The van der Waals surface area contributed by atoms with E-state index in [0.29, 0.717) is 44.3 Å². The van der Waals surface area contributed by atoms with Crippen LogP contribution in [0.2, 0.25) is 0 Å². The Bertz CT molecular complexity index is 1430. The minimum Gasteiger partial charge on any atom is -0.496 e. The molecule has 0 spiro atoms. The van der Waals surface area contributed by atoms with Gasteiger partial charge in [0, 0.05) is 11.1 Å². The molecular formula is C26H26N2O5S. The molecule has 0 saturated heterocycles. The van der Waals surface area contributed by atoms with Crippen LogP contribution in [-0.2, 0) is 9.53 Å². The SMILES string of the molecule is CCOC(=O)C1=C(C)N=c2s/c(=C\c3ccccc3OC)c(=O)n2[C@H]1c1ccccc1OCC. The Morgan fingerprint density at radius 2 is 1.79 bits per heavy atom. The number of esters is 1. The normalized spacial score (nSPS) is 15.5. The lowest BCUT2D eigenvalue weighted by molar-refractivity contribution is -0.139. The van der Waals surface area contributed by atoms with Crippen molar-refractivity contribution in [1.29, 1.82) is 0 Å². The van der Waals surface area contributed by atoms with Crippen LogP contribution in [0.1, 0.15) is 37.9 Å². The van der Waals surface area contributed by atoms with Gasteiger partial charge in [-0.25, -0.2) is 9.79 Å². The highest BCUT2D eigenvalue weighted by molar-refractivity contribution is 7.07. The number of hydrogen-bond acceptors (Lipinski definition) is 7. The first-order valence-corrected chi connectivity index (χ1v) is 11.9. The van der Waals surface area contributed by atoms with Crippen molar-refractivity contribution < 1.29 is 19.0 Å². The van der Waals surface area contributed by atoms with Gasteiger partial charge in [0.15, 0.2) is 4.80 Å². The molecule has 0 saturated carbocycles. The third kappa shape index (κ3) is 4.28. The number of benzene rings is 2. The summed E-state index contributed by atoms with van der Waals surface area (Å²) in [5, 5.41) is 0. The van der Waals surface area contributed by atoms with Crippen LogP contribution in [0.15, 0.2) is 69.6 Å². The first-order valence-electron chi connectivity index (χ1n) is 11.0. The molecule has 1 atom stereocenters. The number of rotatable bonds is 7. The number of thiazole rings is 1. The number of allylic oxidation sites excluding steroid dienone is 1. The van der Waals surface area contributed by atoms with Crippen molar-refractivity contribution in [3.8, 4) is 11.5 Å². The average Bonchev–Trinajstić information content (AvgIpc) is 3.13. The Kier molecular flexibility index (Phi) is 6.98. The Hall–Kier alpha value is -3.65. The van der Waals surface area contributed by atoms with Crippen LogP contribution in [0.5, 0.6) is 11.5 Å². The van der Waals surface area contributed by atoms with Gasteiger partial charge in [0.2, 0.25) is 0 Å². The number of methoxy groups -OCH3 is 1. The first kappa shape index (κ1) is 23.5. The van der Waals surface area contributed by atoms with Crippen LogP contribution in [0, 0.1) is 0 Å². The van der Waals surface area contributed by atoms with Crippen molar-refractivity contribution in [2.45, 2.75) is 26.8 Å². The molecule has 0 radical (unpaired) electrons. The lowest BCUT2D eigenvalue weighted by atomic mass is 9.95. The highest BCUT2D eigenvalue weighted by Crippen LogP contribution is 2.35. The molecule has 0 unspecified atom stereocenters. The molecule has 0 fully saturated rings. The summed E-state index contributed by atoms with van der Waals surface area (Å²) < 4.78 is 18.7. The van der Waals surface area contributed by atoms with Gasteiger partial charge in [0.1, 0.15) is 17.5 Å². The number of fused-ring (bicyclic) bond motifs is 1. The average molecular weight is 479 g/mol. The second kappa shape index (κ2) is 10.1. The van der Waals surface area contributed by atoms with Gasteiger partial charge in [0.25, 0.3) is 5.56 Å². The smallest absolute Gasteiger partial charge is 0.338 e. The summed E-state index contributed by atoms with van der Waals surface area (Å²) in [6.07, 6.45) is 1.79. The predicted molar refractivity (Wildman–Crippen MR) is 131 cm³/mol. The van der Waals surface area contributed by atoms with Gasteiger partial charge in [-0.1, -0.05) is 47.7 Å². The Labute approximate surface area is 201 Å². The van der Waals surface area contributed by atoms with Gasteiger partial charge in [-0.05, 0) is 39.0 Å². The summed E-state index contributed by atoms with van der Waals surface area (Å²) in [6, 6.07) is 14.2. The van der Waals surface area contributed by atoms with Crippen LogP contribution in [0.4, 0.5) is 0 Å². The molecule has 0 bridgehead atoms. The molecule has 4 rings (SSSR count). The standard InChI is InChI=1S/C26H26N2O5S/c1-5-32-20-14-10-8-12-18(20)23-22(25(30)33-6-2)16(3)27-26-28(23)24(29)21(34-26)15-17-11-7-9-13-19(17)31-4/h7-15,23H,5-6H2,1-4H3/b21-15-/t23-/m0/s1. The molecule has 3 aromatic rings. The van der Waals surface area contributed by atoms with E-state index >= 15 is 0 Å². The fraction of sp³-hybridized carbons (Fsp3) is 0.269. The summed E-state index contributed by atoms with van der Waals surface area (Å²) in [5.41, 5.74) is 2.07. The second-order valence-electron chi connectivity index (χ2n) is 7.52. The third-order valence-corrected chi connectivity index (χ3v) is 6.44. The Balaban J connectivity index is 2.00. The topological polar surface area (TPSA) is 79.1 Å². The van der Waals surface area contributed by atoms with Crippen molar-refractivity contribution >= 4 is 23.4 Å². The van der Waals surface area contributed by atoms with Crippen LogP contribution >= 0.6 is 11.3 Å². The molecule has 8 heteroatoms. The van der Waals surface area contributed by atoms with E-state index in [2.05, 4.69) is 4.99 Å². The van der Waals surface area contributed by atoms with Crippen molar-refractivity contribution in [2.75, 3.05) is 20.3 Å². The largest absolute Gasteiger partial charge is 0.496 e. The van der Waals surface area contributed by atoms with Gasteiger partial charge in [-0.2, -0.15) is 0 Å². The van der Waals surface area contributed by atoms with Gasteiger partial charge in [-0.3, -0.25) is 9.36 Å². The summed E-state index contributed by atoms with van der Waals surface area (Å²) in [4.78, 5) is 31.9. The number of nitrogens with zero attached hydrogens (tertiary/aromatic N) is 2. The fourth-order valence-electron chi connectivity index (χ4n) is 4.01. The number of carbonyl (C=O) groups excluding carboxylic acids is 1. The quantitative estimate of drug-likeness (QED) is 0.488. The van der Waals surface area contributed by atoms with Crippen molar-refractivity contribution in [3.05, 3.63) is 90.6 Å². The van der Waals surface area contributed by atoms with Gasteiger partial charge >= 0.3 is 5.97 Å². The zero-order chi connectivity index (χ0) is 24.2. The van der Waals surface area contributed by atoms with Crippen molar-refractivity contribution in [2.24, 2.45) is 4.99 Å². The number of hydrogen-bond donors (Lipinski definition) is 0. The molecule has 0 amide bonds. The highest BCUT2D eigenvalue weighted by atomic mass is 32.1. The molecule has 1 aromatic heterocycles. The van der Waals surface area contributed by atoms with E-state index in [-0.39, 0.29) is 12.2 Å². The summed E-state index contributed by atoms with van der Waals surface area (Å²) in [6.45, 7) is 6.07. The summed E-state index contributed by atoms with van der Waals surface area (Å²) >= 11 is 1.27. The summed E-state index contributed by atoms with van der Waals surface area (Å²) in [7, 11) is 1.59. The van der Waals surface area contributed by atoms with E-state index in [0.717, 1.165) is 5.56 Å². The van der Waals surface area contributed by atoms with E-state index in [4.69, 9.17) is 14.2 Å². The monoisotopic (exact) mass is 478 g/mol. The molecule has 7 nitrogen and oxygen atoms in total. The maximum atomic E-state index is 13.7. The maximum Gasteiger partial charge on any atom is 0.338 e. The zero-order valence-corrected chi connectivity index (χ0v) is 20.3. The minimum atomic E-state index is -0.724. The van der Waals surface area contributed by atoms with Crippen LogP contribution in [0.3, 0.4) is 0 Å². The van der Waals surface area contributed by atoms with Crippen molar-refractivity contribution in [1.82, 2.24) is 4.57 Å². The molecule has 2 heterocycles. The molecule has 0 aliphatic carbocycles. The van der Waals surface area contributed by atoms with E-state index < -0.39 is 12.0 Å². The fourth-order valence-corrected chi connectivity index (χ4v) is 5.04. The summed E-state index contributed by atoms with van der Waals surface area (Å²) in [5.74, 6) is 0.764. The van der Waals surface area contributed by atoms with E-state index in [1.807, 2.05) is 55.5 Å². The lowest BCUT2D eigenvalue weighted by Crippen LogP contribution is -2.40. The van der Waals surface area contributed by atoms with E-state index in [1.165, 1.54) is 11.3 Å². The van der Waals surface area contributed by atoms with Gasteiger partial charge in [-0.15, -0.1) is 0 Å². The van der Waals surface area contributed by atoms with Crippen LogP contribution in [0.25, 0.3) is 6.08 Å². The molecule has 176 valence electrons. The third-order valence-electron chi connectivity index (χ3n) is 5.46. The van der Waals surface area contributed by atoms with Crippen molar-refractivity contribution in [3.63, 3.8) is 0 Å². The number of ether oxygens (including phenoxy) is 3. The van der Waals surface area contributed by atoms with Crippen LogP contribution < -0.4 is 24.4 Å². The number of carbonyl (C=O) groups is 1. The molecule has 1 aliphatic heterocycles. The molecular weight excluding hydrogens is 452 g/mol.